The quantitative estimate of drug-likeness (QED) is 0.795. The Balaban J connectivity index is 1.79. The highest BCUT2D eigenvalue weighted by molar-refractivity contribution is 5.84. The zero-order valence-electron chi connectivity index (χ0n) is 12.4. The average molecular weight is 298 g/mol. The van der Waals surface area contributed by atoms with Gasteiger partial charge in [0.15, 0.2) is 0 Å². The van der Waals surface area contributed by atoms with E-state index in [4.69, 9.17) is 4.42 Å². The first-order valence-electron chi connectivity index (χ1n) is 7.81. The number of hydrogen-bond acceptors (Lipinski definition) is 2. The van der Waals surface area contributed by atoms with Crippen molar-refractivity contribution in [3.8, 4) is 0 Å². The Labute approximate surface area is 128 Å². The van der Waals surface area contributed by atoms with Gasteiger partial charge in [-0.3, -0.25) is 0 Å². The molecule has 1 aliphatic rings. The van der Waals surface area contributed by atoms with Gasteiger partial charge in [0.2, 0.25) is 0 Å². The molecule has 1 fully saturated rings. The van der Waals surface area contributed by atoms with Gasteiger partial charge in [0.05, 0.1) is 24.6 Å². The van der Waals surface area contributed by atoms with Crippen molar-refractivity contribution in [1.82, 2.24) is 9.88 Å². The third-order valence-electron chi connectivity index (χ3n) is 4.59. The van der Waals surface area contributed by atoms with Gasteiger partial charge >= 0.3 is 0 Å². The minimum Gasteiger partial charge on any atom is -0.472 e. The fourth-order valence-electron chi connectivity index (χ4n) is 3.46. The monoisotopic (exact) mass is 298 g/mol. The van der Waals surface area contributed by atoms with E-state index in [2.05, 4.69) is 16.1 Å². The van der Waals surface area contributed by atoms with Crippen LogP contribution in [0.3, 0.4) is 0 Å². The highest BCUT2D eigenvalue weighted by atomic mass is 19.1. The van der Waals surface area contributed by atoms with Gasteiger partial charge in [-0.1, -0.05) is 0 Å². The third kappa shape index (κ3) is 2.44. The summed E-state index contributed by atoms with van der Waals surface area (Å²) in [5.41, 5.74) is 3.41. The summed E-state index contributed by atoms with van der Waals surface area (Å²) in [6.45, 7) is 2.82. The number of hydrogen-bond donors (Lipinski definition) is 1. The molecule has 0 aliphatic carbocycles. The molecule has 114 valence electrons. The Morgan fingerprint density at radius 2 is 2.09 bits per heavy atom. The number of nitrogens with zero attached hydrogens (tertiary/aromatic N) is 1. The normalized spacial score (nSPS) is 16.4. The fourth-order valence-corrected chi connectivity index (χ4v) is 3.46. The summed E-state index contributed by atoms with van der Waals surface area (Å²) in [6.07, 6.45) is 7.90. The predicted molar refractivity (Wildman–Crippen MR) is 84.6 cm³/mol. The lowest BCUT2D eigenvalue weighted by molar-refractivity contribution is 0.461. The van der Waals surface area contributed by atoms with Crippen LogP contribution in [0.2, 0.25) is 0 Å². The Hall–Kier alpha value is -2.07. The van der Waals surface area contributed by atoms with Gasteiger partial charge in [0.1, 0.15) is 5.82 Å². The topological polar surface area (TPSA) is 30.1 Å². The fraction of sp³-hybridized carbons (Fsp3) is 0.333. The molecule has 0 spiro atoms. The van der Waals surface area contributed by atoms with Gasteiger partial charge in [-0.15, -0.1) is 0 Å². The van der Waals surface area contributed by atoms with Crippen LogP contribution in [0, 0.1) is 5.82 Å². The molecule has 3 heterocycles. The number of aromatic nitrogens is 1. The Bertz CT molecular complexity index is 770. The van der Waals surface area contributed by atoms with Gasteiger partial charge in [0.25, 0.3) is 0 Å². The molecule has 4 heteroatoms. The van der Waals surface area contributed by atoms with E-state index in [9.17, 15) is 4.39 Å². The van der Waals surface area contributed by atoms with E-state index in [1.54, 1.807) is 24.7 Å². The van der Waals surface area contributed by atoms with Crippen LogP contribution in [0.4, 0.5) is 4.39 Å². The number of furan rings is 1. The molecule has 3 aromatic rings. The Morgan fingerprint density at radius 1 is 1.23 bits per heavy atom. The molecule has 1 aromatic carbocycles. The number of piperidine rings is 1. The predicted octanol–water partition coefficient (Wildman–Crippen LogP) is 3.89. The summed E-state index contributed by atoms with van der Waals surface area (Å²) in [5.74, 6) is 0.371. The first-order chi connectivity index (χ1) is 10.8. The highest BCUT2D eigenvalue weighted by Crippen LogP contribution is 2.33. The van der Waals surface area contributed by atoms with Crippen LogP contribution < -0.4 is 5.32 Å². The molecule has 1 N–H and O–H groups in total. The van der Waals surface area contributed by atoms with Gasteiger partial charge in [-0.2, -0.15) is 0 Å². The van der Waals surface area contributed by atoms with E-state index in [0.29, 0.717) is 12.5 Å². The van der Waals surface area contributed by atoms with E-state index in [1.807, 2.05) is 12.1 Å². The van der Waals surface area contributed by atoms with Crippen molar-refractivity contribution in [3.63, 3.8) is 0 Å². The zero-order chi connectivity index (χ0) is 14.9. The summed E-state index contributed by atoms with van der Waals surface area (Å²) in [5, 5.41) is 4.58. The lowest BCUT2D eigenvalue weighted by atomic mass is 9.90. The zero-order valence-corrected chi connectivity index (χ0v) is 12.4. The minimum atomic E-state index is -0.184. The van der Waals surface area contributed by atoms with Crippen molar-refractivity contribution in [2.75, 3.05) is 13.1 Å². The van der Waals surface area contributed by atoms with Crippen molar-refractivity contribution in [3.05, 3.63) is 59.9 Å². The summed E-state index contributed by atoms with van der Waals surface area (Å²) < 4.78 is 21.0. The molecule has 0 unspecified atom stereocenters. The number of nitrogens with one attached hydrogen (secondary N) is 1. The molecule has 0 saturated carbocycles. The molecule has 2 aromatic heterocycles. The molecule has 1 saturated heterocycles. The number of rotatable bonds is 3. The van der Waals surface area contributed by atoms with Crippen LogP contribution >= 0.6 is 0 Å². The number of halogens is 1. The maximum absolute atomic E-state index is 13.7. The summed E-state index contributed by atoms with van der Waals surface area (Å²) >= 11 is 0. The summed E-state index contributed by atoms with van der Waals surface area (Å²) in [7, 11) is 0. The molecule has 1 aliphatic heterocycles. The van der Waals surface area contributed by atoms with Crippen LogP contribution in [-0.4, -0.2) is 17.7 Å². The Kier molecular flexibility index (Phi) is 3.47. The van der Waals surface area contributed by atoms with Crippen LogP contribution in [-0.2, 0) is 6.54 Å². The molecular formula is C18H19FN2O. The SMILES string of the molecule is Fc1ccc2c(C3CCNCC3)cn(Cc3ccoc3)c2c1. The summed E-state index contributed by atoms with van der Waals surface area (Å²) in [6, 6.07) is 7.08. The van der Waals surface area contributed by atoms with Crippen molar-refractivity contribution in [1.29, 1.82) is 0 Å². The molecular weight excluding hydrogens is 279 g/mol. The first-order valence-corrected chi connectivity index (χ1v) is 7.81. The van der Waals surface area contributed by atoms with Crippen molar-refractivity contribution in [2.45, 2.75) is 25.3 Å². The average Bonchev–Trinajstić information content (AvgIpc) is 3.17. The molecule has 22 heavy (non-hydrogen) atoms. The van der Waals surface area contributed by atoms with E-state index in [-0.39, 0.29) is 5.82 Å². The molecule has 3 nitrogen and oxygen atoms in total. The van der Waals surface area contributed by atoms with Crippen LogP contribution in [0.5, 0.6) is 0 Å². The number of fused-ring (bicyclic) bond motifs is 1. The lowest BCUT2D eigenvalue weighted by Gasteiger charge is -2.22. The van der Waals surface area contributed by atoms with Gasteiger partial charge in [-0.25, -0.2) is 4.39 Å². The van der Waals surface area contributed by atoms with Crippen molar-refractivity contribution >= 4 is 10.9 Å². The second-order valence-corrected chi connectivity index (χ2v) is 6.03. The number of benzene rings is 1. The molecule has 0 amide bonds. The van der Waals surface area contributed by atoms with E-state index >= 15 is 0 Å². The van der Waals surface area contributed by atoms with Crippen molar-refractivity contribution < 1.29 is 8.81 Å². The van der Waals surface area contributed by atoms with Gasteiger partial charge < -0.3 is 14.3 Å². The molecule has 0 radical (unpaired) electrons. The van der Waals surface area contributed by atoms with Gasteiger partial charge in [0, 0.05) is 17.1 Å². The lowest BCUT2D eigenvalue weighted by Crippen LogP contribution is -2.26. The van der Waals surface area contributed by atoms with E-state index < -0.39 is 0 Å². The standard InChI is InChI=1S/C18H19FN2O/c19-15-1-2-16-17(14-3-6-20-7-4-14)11-21(18(16)9-15)10-13-5-8-22-12-13/h1-2,5,8-9,11-12,14,20H,3-4,6-7,10H2. The largest absolute Gasteiger partial charge is 0.472 e. The van der Waals surface area contributed by atoms with E-state index in [1.165, 1.54) is 10.9 Å². The first kappa shape index (κ1) is 13.6. The highest BCUT2D eigenvalue weighted by Gasteiger charge is 2.20. The van der Waals surface area contributed by atoms with Crippen molar-refractivity contribution in [2.24, 2.45) is 0 Å². The van der Waals surface area contributed by atoms with E-state index in [0.717, 1.165) is 37.0 Å². The Morgan fingerprint density at radius 3 is 2.86 bits per heavy atom. The smallest absolute Gasteiger partial charge is 0.125 e. The molecule has 0 bridgehead atoms. The maximum Gasteiger partial charge on any atom is 0.125 e. The van der Waals surface area contributed by atoms with Gasteiger partial charge in [-0.05, 0) is 61.7 Å². The molecule has 4 rings (SSSR count). The van der Waals surface area contributed by atoms with Crippen LogP contribution in [0.25, 0.3) is 10.9 Å². The third-order valence-corrected chi connectivity index (χ3v) is 4.59. The minimum absolute atomic E-state index is 0.184. The van der Waals surface area contributed by atoms with Crippen LogP contribution in [0.15, 0.2) is 47.4 Å². The summed E-state index contributed by atoms with van der Waals surface area (Å²) in [4.78, 5) is 0. The maximum atomic E-state index is 13.7. The molecule has 0 atom stereocenters. The second-order valence-electron chi connectivity index (χ2n) is 6.03. The van der Waals surface area contributed by atoms with Crippen LogP contribution in [0.1, 0.15) is 29.9 Å². The second kappa shape index (κ2) is 5.61.